The van der Waals surface area contributed by atoms with Crippen LogP contribution in [0, 0.1) is 6.92 Å². The van der Waals surface area contributed by atoms with Crippen molar-refractivity contribution in [3.05, 3.63) is 46.0 Å². The summed E-state index contributed by atoms with van der Waals surface area (Å²) in [5.41, 5.74) is 2.59. The number of aryl methyl sites for hydroxylation is 2. The van der Waals surface area contributed by atoms with Crippen LogP contribution in [0.2, 0.25) is 0 Å². The Kier molecular flexibility index (Phi) is 3.59. The molecule has 2 aromatic heterocycles. The van der Waals surface area contributed by atoms with Gasteiger partial charge in [-0.2, -0.15) is 5.10 Å². The minimum atomic E-state index is -0.708. The van der Waals surface area contributed by atoms with Crippen LogP contribution >= 0.6 is 15.9 Å². The van der Waals surface area contributed by atoms with Gasteiger partial charge in [-0.15, -0.1) is 0 Å². The van der Waals surface area contributed by atoms with E-state index in [9.17, 15) is 5.11 Å². The van der Waals surface area contributed by atoms with Crippen LogP contribution in [-0.2, 0) is 6.54 Å². The molecule has 0 aliphatic rings. The number of aliphatic hydroxyl groups is 1. The molecule has 0 bridgehead atoms. The van der Waals surface area contributed by atoms with Gasteiger partial charge in [-0.3, -0.25) is 9.67 Å². The lowest BCUT2D eigenvalue weighted by Crippen LogP contribution is -2.11. The predicted octanol–water partition coefficient (Wildman–Crippen LogP) is 2.45. The molecule has 5 heteroatoms. The van der Waals surface area contributed by atoms with Crippen LogP contribution in [0.4, 0.5) is 0 Å². The number of aromatic nitrogens is 3. The fourth-order valence-corrected chi connectivity index (χ4v) is 2.32. The molecule has 0 radical (unpaired) electrons. The molecule has 90 valence electrons. The van der Waals surface area contributed by atoms with E-state index in [1.807, 2.05) is 19.9 Å². The normalized spacial score (nSPS) is 12.7. The van der Waals surface area contributed by atoms with E-state index in [0.29, 0.717) is 0 Å². The number of aliphatic hydroxyl groups excluding tert-OH is 1. The quantitative estimate of drug-likeness (QED) is 0.946. The monoisotopic (exact) mass is 295 g/mol. The van der Waals surface area contributed by atoms with Gasteiger partial charge in [0.2, 0.25) is 0 Å². The van der Waals surface area contributed by atoms with E-state index >= 15 is 0 Å². The summed E-state index contributed by atoms with van der Waals surface area (Å²) in [5, 5.41) is 14.6. The SMILES string of the molecule is CCn1ncc(Br)c1C(O)c1cnccc1C. The number of nitrogens with zero attached hydrogens (tertiary/aromatic N) is 3. The fourth-order valence-electron chi connectivity index (χ4n) is 1.81. The summed E-state index contributed by atoms with van der Waals surface area (Å²) >= 11 is 3.42. The maximum Gasteiger partial charge on any atom is 0.124 e. The summed E-state index contributed by atoms with van der Waals surface area (Å²) in [5.74, 6) is 0. The summed E-state index contributed by atoms with van der Waals surface area (Å²) in [4.78, 5) is 4.06. The van der Waals surface area contributed by atoms with Gasteiger partial charge in [0, 0.05) is 24.5 Å². The lowest BCUT2D eigenvalue weighted by Gasteiger charge is -2.15. The van der Waals surface area contributed by atoms with E-state index in [1.54, 1.807) is 23.3 Å². The summed E-state index contributed by atoms with van der Waals surface area (Å²) in [6.07, 6.45) is 4.41. The number of pyridine rings is 1. The van der Waals surface area contributed by atoms with Crippen molar-refractivity contribution in [1.82, 2.24) is 14.8 Å². The molecule has 0 aliphatic carbocycles. The van der Waals surface area contributed by atoms with Gasteiger partial charge < -0.3 is 5.11 Å². The molecule has 1 atom stereocenters. The Hall–Kier alpha value is -1.20. The fraction of sp³-hybridized carbons (Fsp3) is 0.333. The molecule has 1 unspecified atom stereocenters. The maximum atomic E-state index is 10.4. The van der Waals surface area contributed by atoms with Crippen LogP contribution in [0.15, 0.2) is 29.1 Å². The summed E-state index contributed by atoms with van der Waals surface area (Å²) < 4.78 is 2.59. The van der Waals surface area contributed by atoms with E-state index in [4.69, 9.17) is 0 Å². The van der Waals surface area contributed by atoms with Crippen molar-refractivity contribution in [1.29, 1.82) is 0 Å². The zero-order valence-corrected chi connectivity index (χ0v) is 11.3. The van der Waals surface area contributed by atoms with E-state index in [0.717, 1.165) is 27.8 Å². The third kappa shape index (κ3) is 2.25. The molecule has 4 nitrogen and oxygen atoms in total. The van der Waals surface area contributed by atoms with Crippen LogP contribution < -0.4 is 0 Å². The van der Waals surface area contributed by atoms with E-state index < -0.39 is 6.10 Å². The first-order chi connectivity index (χ1) is 8.15. The molecule has 2 heterocycles. The molecule has 0 aromatic carbocycles. The molecule has 17 heavy (non-hydrogen) atoms. The van der Waals surface area contributed by atoms with Gasteiger partial charge in [0.05, 0.1) is 16.4 Å². The zero-order valence-electron chi connectivity index (χ0n) is 9.76. The minimum Gasteiger partial charge on any atom is -0.382 e. The minimum absolute atomic E-state index is 0.708. The van der Waals surface area contributed by atoms with Gasteiger partial charge in [0.1, 0.15) is 6.10 Å². The van der Waals surface area contributed by atoms with Gasteiger partial charge in [-0.05, 0) is 41.4 Å². The van der Waals surface area contributed by atoms with Gasteiger partial charge >= 0.3 is 0 Å². The second kappa shape index (κ2) is 4.98. The van der Waals surface area contributed by atoms with Gasteiger partial charge in [-0.25, -0.2) is 0 Å². The third-order valence-electron chi connectivity index (χ3n) is 2.77. The highest BCUT2D eigenvalue weighted by Gasteiger charge is 2.20. The highest BCUT2D eigenvalue weighted by atomic mass is 79.9. The number of hydrogen-bond donors (Lipinski definition) is 1. The molecular weight excluding hydrogens is 282 g/mol. The van der Waals surface area contributed by atoms with Crippen LogP contribution in [0.3, 0.4) is 0 Å². The zero-order chi connectivity index (χ0) is 12.4. The first-order valence-electron chi connectivity index (χ1n) is 5.45. The lowest BCUT2D eigenvalue weighted by molar-refractivity contribution is 0.206. The highest BCUT2D eigenvalue weighted by Crippen LogP contribution is 2.29. The number of halogens is 1. The number of rotatable bonds is 3. The smallest absolute Gasteiger partial charge is 0.124 e. The van der Waals surface area contributed by atoms with Gasteiger partial charge in [-0.1, -0.05) is 0 Å². The molecule has 0 saturated heterocycles. The van der Waals surface area contributed by atoms with Crippen LogP contribution in [0.1, 0.15) is 29.8 Å². The maximum absolute atomic E-state index is 10.4. The largest absolute Gasteiger partial charge is 0.382 e. The van der Waals surface area contributed by atoms with Crippen molar-refractivity contribution in [2.24, 2.45) is 0 Å². The Bertz CT molecular complexity index is 524. The second-order valence-electron chi connectivity index (χ2n) is 3.83. The van der Waals surface area contributed by atoms with Crippen LogP contribution in [-0.4, -0.2) is 19.9 Å². The Labute approximate surface area is 108 Å². The molecule has 2 rings (SSSR count). The number of hydrogen-bond acceptors (Lipinski definition) is 3. The first kappa shape index (κ1) is 12.3. The molecule has 0 amide bonds. The summed E-state index contributed by atoms with van der Waals surface area (Å²) in [6, 6.07) is 1.89. The van der Waals surface area contributed by atoms with Crippen molar-refractivity contribution < 1.29 is 5.11 Å². The molecule has 0 saturated carbocycles. The average Bonchev–Trinajstić information content (AvgIpc) is 2.70. The van der Waals surface area contributed by atoms with Crippen molar-refractivity contribution in [2.45, 2.75) is 26.5 Å². The summed E-state index contributed by atoms with van der Waals surface area (Å²) in [6.45, 7) is 4.67. The molecular formula is C12H14BrN3O. The second-order valence-corrected chi connectivity index (χ2v) is 4.68. The van der Waals surface area contributed by atoms with Crippen molar-refractivity contribution in [3.8, 4) is 0 Å². The van der Waals surface area contributed by atoms with E-state index in [1.165, 1.54) is 0 Å². The lowest BCUT2D eigenvalue weighted by atomic mass is 10.0. The van der Waals surface area contributed by atoms with Crippen molar-refractivity contribution in [2.75, 3.05) is 0 Å². The average molecular weight is 296 g/mol. The Balaban J connectivity index is 2.47. The third-order valence-corrected chi connectivity index (χ3v) is 3.38. The van der Waals surface area contributed by atoms with Crippen molar-refractivity contribution >= 4 is 15.9 Å². The Morgan fingerprint density at radius 3 is 2.88 bits per heavy atom. The topological polar surface area (TPSA) is 50.9 Å². The first-order valence-corrected chi connectivity index (χ1v) is 6.24. The Morgan fingerprint density at radius 2 is 2.24 bits per heavy atom. The van der Waals surface area contributed by atoms with Gasteiger partial charge in [0.15, 0.2) is 0 Å². The molecule has 0 aliphatic heterocycles. The van der Waals surface area contributed by atoms with E-state index in [-0.39, 0.29) is 0 Å². The molecule has 0 fully saturated rings. The highest BCUT2D eigenvalue weighted by molar-refractivity contribution is 9.10. The Morgan fingerprint density at radius 1 is 1.47 bits per heavy atom. The van der Waals surface area contributed by atoms with Crippen LogP contribution in [0.25, 0.3) is 0 Å². The molecule has 1 N–H and O–H groups in total. The van der Waals surface area contributed by atoms with Gasteiger partial charge in [0.25, 0.3) is 0 Å². The molecule has 2 aromatic rings. The van der Waals surface area contributed by atoms with Crippen LogP contribution in [0.5, 0.6) is 0 Å². The van der Waals surface area contributed by atoms with E-state index in [2.05, 4.69) is 26.0 Å². The van der Waals surface area contributed by atoms with Crippen molar-refractivity contribution in [3.63, 3.8) is 0 Å². The standard InChI is InChI=1S/C12H14BrN3O/c1-3-16-11(10(13)7-15-16)12(17)9-6-14-5-4-8(9)2/h4-7,12,17H,3H2,1-2H3. The molecule has 0 spiro atoms. The summed E-state index contributed by atoms with van der Waals surface area (Å²) in [7, 11) is 0. The predicted molar refractivity (Wildman–Crippen MR) is 68.6 cm³/mol.